The lowest BCUT2D eigenvalue weighted by atomic mass is 9.98. The van der Waals surface area contributed by atoms with Crippen LogP contribution in [0.4, 0.5) is 4.79 Å². The molecule has 1 aliphatic heterocycles. The number of hydrogen-bond acceptors (Lipinski definition) is 4. The smallest absolute Gasteiger partial charge is 0.410 e. The Kier molecular flexibility index (Phi) is 6.47. The van der Waals surface area contributed by atoms with Crippen LogP contribution in [0.3, 0.4) is 0 Å². The summed E-state index contributed by atoms with van der Waals surface area (Å²) in [6.07, 6.45) is -0.666. The molecule has 0 saturated heterocycles. The normalized spacial score (nSPS) is 13.3. The van der Waals surface area contributed by atoms with Gasteiger partial charge >= 0.3 is 6.09 Å². The van der Waals surface area contributed by atoms with E-state index in [2.05, 4.69) is 4.98 Å². The summed E-state index contributed by atoms with van der Waals surface area (Å²) in [5, 5.41) is 0. The molecule has 3 aromatic rings. The highest BCUT2D eigenvalue weighted by molar-refractivity contribution is 6.67. The quantitative estimate of drug-likeness (QED) is 0.480. The van der Waals surface area contributed by atoms with E-state index in [1.165, 1.54) is 4.90 Å². The van der Waals surface area contributed by atoms with E-state index in [9.17, 15) is 9.59 Å². The highest BCUT2D eigenvalue weighted by Crippen LogP contribution is 2.29. The zero-order valence-electron chi connectivity index (χ0n) is 17.2. The standard InChI is InChI=1S/C23H20Cl3N3O3/c1-15-27-19-13-28(22(31)32-14-23(24,25)26)12-18(19)21(30)29(15)20(16-8-4-2-5-9-16)17-10-6-3-7-11-17/h2-11,20H,12-14H2,1H3. The largest absolute Gasteiger partial charge is 0.445 e. The van der Waals surface area contributed by atoms with Crippen LogP contribution in [0.15, 0.2) is 65.5 Å². The van der Waals surface area contributed by atoms with Crippen molar-refractivity contribution < 1.29 is 9.53 Å². The molecule has 6 nitrogen and oxygen atoms in total. The van der Waals surface area contributed by atoms with Crippen molar-refractivity contribution in [1.82, 2.24) is 14.5 Å². The minimum absolute atomic E-state index is 0.0798. The van der Waals surface area contributed by atoms with Crippen molar-refractivity contribution in [1.29, 1.82) is 0 Å². The fourth-order valence-corrected chi connectivity index (χ4v) is 4.04. The molecule has 32 heavy (non-hydrogen) atoms. The molecule has 2 aromatic carbocycles. The summed E-state index contributed by atoms with van der Waals surface area (Å²) in [4.78, 5) is 32.1. The maximum atomic E-state index is 13.6. The van der Waals surface area contributed by atoms with Gasteiger partial charge in [0, 0.05) is 0 Å². The third-order valence-electron chi connectivity index (χ3n) is 5.27. The third-order valence-corrected chi connectivity index (χ3v) is 5.59. The topological polar surface area (TPSA) is 64.4 Å². The number of carbonyl (C=O) groups excluding carboxylic acids is 1. The predicted octanol–water partition coefficient (Wildman–Crippen LogP) is 5.01. The first kappa shape index (κ1) is 22.6. The van der Waals surface area contributed by atoms with Crippen molar-refractivity contribution in [3.8, 4) is 0 Å². The van der Waals surface area contributed by atoms with Crippen LogP contribution in [0.25, 0.3) is 0 Å². The number of halogens is 3. The van der Waals surface area contributed by atoms with Crippen molar-refractivity contribution in [3.05, 3.63) is 99.2 Å². The molecule has 1 aliphatic rings. The van der Waals surface area contributed by atoms with Gasteiger partial charge in [-0.1, -0.05) is 95.5 Å². The molecular weight excluding hydrogens is 473 g/mol. The monoisotopic (exact) mass is 491 g/mol. The highest BCUT2D eigenvalue weighted by Gasteiger charge is 2.33. The van der Waals surface area contributed by atoms with Crippen LogP contribution in [0.5, 0.6) is 0 Å². The van der Waals surface area contributed by atoms with Crippen LogP contribution in [-0.2, 0) is 17.8 Å². The number of nitrogens with zero attached hydrogens (tertiary/aromatic N) is 3. The summed E-state index contributed by atoms with van der Waals surface area (Å²) in [6, 6.07) is 19.2. The Hall–Kier alpha value is -2.54. The number of carbonyl (C=O) groups is 1. The van der Waals surface area contributed by atoms with Gasteiger partial charge in [-0.3, -0.25) is 14.3 Å². The van der Waals surface area contributed by atoms with Crippen LogP contribution >= 0.6 is 34.8 Å². The average molecular weight is 493 g/mol. The molecule has 0 radical (unpaired) electrons. The van der Waals surface area contributed by atoms with E-state index < -0.39 is 9.89 Å². The Morgan fingerprint density at radius 1 is 1.03 bits per heavy atom. The lowest BCUT2D eigenvalue weighted by molar-refractivity contribution is 0.103. The van der Waals surface area contributed by atoms with Crippen LogP contribution < -0.4 is 5.56 Å². The Labute approximate surface area is 200 Å². The zero-order chi connectivity index (χ0) is 22.9. The first-order valence-electron chi connectivity index (χ1n) is 9.94. The molecule has 1 amide bonds. The molecule has 0 aliphatic carbocycles. The molecule has 9 heteroatoms. The minimum atomic E-state index is -1.71. The van der Waals surface area contributed by atoms with Gasteiger partial charge in [0.05, 0.1) is 30.4 Å². The van der Waals surface area contributed by atoms with Gasteiger partial charge in [0.15, 0.2) is 0 Å². The van der Waals surface area contributed by atoms with Crippen molar-refractivity contribution in [2.75, 3.05) is 6.61 Å². The van der Waals surface area contributed by atoms with Gasteiger partial charge in [-0.2, -0.15) is 0 Å². The van der Waals surface area contributed by atoms with Gasteiger partial charge in [0.2, 0.25) is 3.79 Å². The number of aromatic nitrogens is 2. The van der Waals surface area contributed by atoms with E-state index in [0.717, 1.165) is 11.1 Å². The van der Waals surface area contributed by atoms with Crippen LogP contribution in [-0.4, -0.2) is 30.9 Å². The van der Waals surface area contributed by atoms with E-state index in [1.54, 1.807) is 11.5 Å². The average Bonchev–Trinajstić information content (AvgIpc) is 3.20. The molecule has 0 atom stereocenters. The van der Waals surface area contributed by atoms with Crippen molar-refractivity contribution in [2.24, 2.45) is 0 Å². The predicted molar refractivity (Wildman–Crippen MR) is 124 cm³/mol. The second-order valence-electron chi connectivity index (χ2n) is 7.51. The molecule has 4 rings (SSSR count). The second kappa shape index (κ2) is 9.14. The van der Waals surface area contributed by atoms with Gasteiger partial charge in [-0.25, -0.2) is 9.78 Å². The summed E-state index contributed by atoms with van der Waals surface area (Å²) in [7, 11) is 0. The Morgan fingerprint density at radius 2 is 1.59 bits per heavy atom. The Balaban J connectivity index is 1.72. The third kappa shape index (κ3) is 4.77. The summed E-state index contributed by atoms with van der Waals surface area (Å²) >= 11 is 17.0. The zero-order valence-corrected chi connectivity index (χ0v) is 19.4. The van der Waals surface area contributed by atoms with Crippen molar-refractivity contribution >= 4 is 40.9 Å². The van der Waals surface area contributed by atoms with E-state index in [1.807, 2.05) is 60.7 Å². The minimum Gasteiger partial charge on any atom is -0.445 e. The summed E-state index contributed by atoms with van der Waals surface area (Å²) in [6.45, 7) is 1.65. The molecule has 166 valence electrons. The number of rotatable bonds is 4. The van der Waals surface area contributed by atoms with Crippen molar-refractivity contribution in [2.45, 2.75) is 29.8 Å². The number of ether oxygens (including phenoxy) is 1. The van der Waals surface area contributed by atoms with Crippen LogP contribution in [0, 0.1) is 6.92 Å². The lowest BCUT2D eigenvalue weighted by Crippen LogP contribution is -2.33. The Bertz CT molecular complexity index is 1140. The SMILES string of the molecule is Cc1nc2c(c(=O)n1C(c1ccccc1)c1ccccc1)CN(C(=O)OCC(Cl)(Cl)Cl)C2. The van der Waals surface area contributed by atoms with Crippen LogP contribution in [0.2, 0.25) is 0 Å². The molecular formula is C23H20Cl3N3O3. The maximum absolute atomic E-state index is 13.6. The molecule has 0 unspecified atom stereocenters. The molecule has 1 aromatic heterocycles. The number of fused-ring (bicyclic) bond motifs is 1. The first-order valence-corrected chi connectivity index (χ1v) is 11.1. The van der Waals surface area contributed by atoms with Crippen molar-refractivity contribution in [3.63, 3.8) is 0 Å². The molecule has 0 bridgehead atoms. The molecule has 0 fully saturated rings. The van der Waals surface area contributed by atoms with E-state index in [4.69, 9.17) is 39.5 Å². The molecule has 0 saturated carbocycles. The number of amides is 1. The van der Waals surface area contributed by atoms with E-state index >= 15 is 0 Å². The lowest BCUT2D eigenvalue weighted by Gasteiger charge is -2.23. The maximum Gasteiger partial charge on any atom is 0.410 e. The number of aryl methyl sites for hydroxylation is 1. The number of benzene rings is 2. The Morgan fingerprint density at radius 3 is 2.12 bits per heavy atom. The van der Waals surface area contributed by atoms with Gasteiger partial charge in [-0.15, -0.1) is 0 Å². The van der Waals surface area contributed by atoms with E-state index in [0.29, 0.717) is 17.1 Å². The summed E-state index contributed by atoms with van der Waals surface area (Å²) in [5.41, 5.74) is 2.74. The number of hydrogen-bond donors (Lipinski definition) is 0. The second-order valence-corrected chi connectivity index (χ2v) is 10.0. The molecule has 0 N–H and O–H groups in total. The fraction of sp³-hybridized carbons (Fsp3) is 0.261. The number of alkyl halides is 3. The summed E-state index contributed by atoms with van der Waals surface area (Å²) in [5.74, 6) is 0.558. The highest BCUT2D eigenvalue weighted by atomic mass is 35.6. The van der Waals surface area contributed by atoms with Crippen LogP contribution in [0.1, 0.15) is 34.3 Å². The van der Waals surface area contributed by atoms with Gasteiger partial charge in [0.25, 0.3) is 5.56 Å². The van der Waals surface area contributed by atoms with Gasteiger partial charge in [-0.05, 0) is 18.1 Å². The van der Waals surface area contributed by atoms with Gasteiger partial charge < -0.3 is 4.74 Å². The summed E-state index contributed by atoms with van der Waals surface area (Å²) < 4.78 is 5.04. The molecule has 0 spiro atoms. The first-order chi connectivity index (χ1) is 15.2. The fourth-order valence-electron chi connectivity index (χ4n) is 3.88. The van der Waals surface area contributed by atoms with E-state index in [-0.39, 0.29) is 31.3 Å². The molecule has 2 heterocycles. The van der Waals surface area contributed by atoms with Gasteiger partial charge in [0.1, 0.15) is 12.4 Å².